The van der Waals surface area contributed by atoms with Crippen molar-refractivity contribution in [1.29, 1.82) is 0 Å². The molecule has 1 aliphatic heterocycles. The van der Waals surface area contributed by atoms with Crippen LogP contribution in [0, 0.1) is 5.41 Å². The van der Waals surface area contributed by atoms with Crippen LogP contribution >= 0.6 is 11.8 Å². The first-order valence-electron chi connectivity index (χ1n) is 9.14. The van der Waals surface area contributed by atoms with E-state index >= 15 is 0 Å². The van der Waals surface area contributed by atoms with Gasteiger partial charge in [-0.15, -0.1) is 11.8 Å². The Bertz CT molecular complexity index is 750. The molecule has 1 atom stereocenters. The van der Waals surface area contributed by atoms with Gasteiger partial charge in [0.25, 0.3) is 5.91 Å². The Morgan fingerprint density at radius 2 is 1.85 bits per heavy atom. The van der Waals surface area contributed by atoms with E-state index in [4.69, 9.17) is 0 Å². The highest BCUT2D eigenvalue weighted by atomic mass is 32.2. The number of hydrogen-bond acceptors (Lipinski definition) is 4. The first-order valence-corrected chi connectivity index (χ1v) is 10.3. The number of nitrogens with one attached hydrogen (secondary N) is 1. The van der Waals surface area contributed by atoms with E-state index < -0.39 is 17.4 Å². The van der Waals surface area contributed by atoms with Crippen LogP contribution in [0.15, 0.2) is 24.3 Å². The molecule has 2 amide bonds. The molecule has 146 valence electrons. The summed E-state index contributed by atoms with van der Waals surface area (Å²) >= 11 is 1.53. The van der Waals surface area contributed by atoms with Gasteiger partial charge in [0.1, 0.15) is 6.04 Å². The van der Waals surface area contributed by atoms with Crippen molar-refractivity contribution in [3.8, 4) is 0 Å². The molecule has 0 spiro atoms. The Morgan fingerprint density at radius 1 is 1.22 bits per heavy atom. The number of rotatable bonds is 5. The van der Waals surface area contributed by atoms with E-state index in [0.717, 1.165) is 5.56 Å². The van der Waals surface area contributed by atoms with E-state index in [1.165, 1.54) is 11.8 Å². The van der Waals surface area contributed by atoms with Crippen molar-refractivity contribution >= 4 is 29.5 Å². The van der Waals surface area contributed by atoms with Gasteiger partial charge < -0.3 is 15.3 Å². The molecule has 1 heterocycles. The molecule has 1 aliphatic carbocycles. The quantitative estimate of drug-likeness (QED) is 0.807. The highest BCUT2D eigenvalue weighted by Crippen LogP contribution is 2.45. The molecular formula is C20H26N2O4S. The molecule has 1 aromatic carbocycles. The maximum absolute atomic E-state index is 12.9. The van der Waals surface area contributed by atoms with Gasteiger partial charge in [0.05, 0.1) is 11.3 Å². The van der Waals surface area contributed by atoms with Crippen LogP contribution in [0.25, 0.3) is 0 Å². The number of thioether (sulfide) groups is 1. The number of nitrogens with zero attached hydrogens (tertiary/aromatic N) is 1. The highest BCUT2D eigenvalue weighted by Gasteiger charge is 2.50. The average molecular weight is 391 g/mol. The molecule has 0 radical (unpaired) electrons. The summed E-state index contributed by atoms with van der Waals surface area (Å²) in [5, 5.41) is 12.0. The second-order valence-corrected chi connectivity index (χ2v) is 9.42. The van der Waals surface area contributed by atoms with Crippen LogP contribution in [0.3, 0.4) is 0 Å². The third-order valence-corrected chi connectivity index (χ3v) is 6.36. The van der Waals surface area contributed by atoms with E-state index in [-0.39, 0.29) is 23.8 Å². The summed E-state index contributed by atoms with van der Waals surface area (Å²) in [6.07, 6.45) is 1.18. The molecular weight excluding hydrogens is 364 g/mol. The van der Waals surface area contributed by atoms with E-state index in [1.54, 1.807) is 4.90 Å². The number of carboxylic acid groups (broad SMARTS) is 1. The van der Waals surface area contributed by atoms with Crippen molar-refractivity contribution in [2.75, 3.05) is 18.2 Å². The first-order chi connectivity index (χ1) is 12.6. The summed E-state index contributed by atoms with van der Waals surface area (Å²) in [7, 11) is 0. The van der Waals surface area contributed by atoms with Gasteiger partial charge in [0.15, 0.2) is 0 Å². The fraction of sp³-hybridized carbons (Fsp3) is 0.550. The molecule has 0 bridgehead atoms. The smallest absolute Gasteiger partial charge is 0.311 e. The SMILES string of the molecule is CC(C)(C)c1ccc(C(=O)N2CSCC2C(=O)NCC2(C(=O)O)CC2)cc1. The van der Waals surface area contributed by atoms with Gasteiger partial charge in [-0.3, -0.25) is 14.4 Å². The van der Waals surface area contributed by atoms with Crippen LogP contribution in [0.4, 0.5) is 0 Å². The number of hydrogen-bond donors (Lipinski definition) is 2. The van der Waals surface area contributed by atoms with Gasteiger partial charge in [0, 0.05) is 17.9 Å². The maximum Gasteiger partial charge on any atom is 0.311 e. The number of carbonyl (C=O) groups is 3. The molecule has 2 aliphatic rings. The molecule has 7 heteroatoms. The molecule has 1 aromatic rings. The highest BCUT2D eigenvalue weighted by molar-refractivity contribution is 7.99. The normalized spacial score (nSPS) is 21.0. The monoisotopic (exact) mass is 390 g/mol. The predicted octanol–water partition coefficient (Wildman–Crippen LogP) is 2.48. The summed E-state index contributed by atoms with van der Waals surface area (Å²) < 4.78 is 0. The molecule has 1 saturated carbocycles. The zero-order valence-electron chi connectivity index (χ0n) is 15.9. The fourth-order valence-corrected chi connectivity index (χ4v) is 4.28. The lowest BCUT2D eigenvalue weighted by molar-refractivity contribution is -0.143. The summed E-state index contributed by atoms with van der Waals surface area (Å²) in [4.78, 5) is 38.3. The second kappa shape index (κ2) is 7.19. The Hall–Kier alpha value is -2.02. The van der Waals surface area contributed by atoms with E-state index in [2.05, 4.69) is 26.1 Å². The zero-order chi connectivity index (χ0) is 19.8. The Morgan fingerprint density at radius 3 is 2.37 bits per heavy atom. The predicted molar refractivity (Wildman–Crippen MR) is 105 cm³/mol. The van der Waals surface area contributed by atoms with Crippen LogP contribution in [-0.4, -0.2) is 52.0 Å². The van der Waals surface area contributed by atoms with Crippen molar-refractivity contribution < 1.29 is 19.5 Å². The van der Waals surface area contributed by atoms with E-state index in [1.807, 2.05) is 24.3 Å². The topological polar surface area (TPSA) is 86.7 Å². The second-order valence-electron chi connectivity index (χ2n) is 8.42. The van der Waals surface area contributed by atoms with Gasteiger partial charge in [-0.2, -0.15) is 0 Å². The lowest BCUT2D eigenvalue weighted by atomic mass is 9.86. The molecule has 1 saturated heterocycles. The Labute approximate surface area is 163 Å². The standard InChI is InChI=1S/C20H26N2O4S/c1-19(2,3)14-6-4-13(5-7-14)17(24)22-12-27-10-15(22)16(23)21-11-20(8-9-20)18(25)26/h4-7,15H,8-12H2,1-3H3,(H,21,23)(H,25,26). The molecule has 0 aromatic heterocycles. The number of amides is 2. The summed E-state index contributed by atoms with van der Waals surface area (Å²) in [5.41, 5.74) is 0.912. The van der Waals surface area contributed by atoms with Crippen molar-refractivity contribution in [3.63, 3.8) is 0 Å². The summed E-state index contributed by atoms with van der Waals surface area (Å²) in [5.74, 6) is -0.317. The molecule has 3 rings (SSSR count). The summed E-state index contributed by atoms with van der Waals surface area (Å²) in [6.45, 7) is 6.48. The van der Waals surface area contributed by atoms with Crippen LogP contribution in [0.5, 0.6) is 0 Å². The maximum atomic E-state index is 12.9. The molecule has 6 nitrogen and oxygen atoms in total. The number of benzene rings is 1. The van der Waals surface area contributed by atoms with Crippen LogP contribution in [0.2, 0.25) is 0 Å². The van der Waals surface area contributed by atoms with Gasteiger partial charge in [0.2, 0.25) is 5.91 Å². The molecule has 2 N–H and O–H groups in total. The first kappa shape index (κ1) is 19.7. The van der Waals surface area contributed by atoms with Gasteiger partial charge >= 0.3 is 5.97 Å². The number of aliphatic carboxylic acids is 1. The Balaban J connectivity index is 1.65. The van der Waals surface area contributed by atoms with Crippen molar-refractivity contribution in [2.45, 2.75) is 45.1 Å². The fourth-order valence-electron chi connectivity index (χ4n) is 3.13. The van der Waals surface area contributed by atoms with Gasteiger partial charge in [-0.25, -0.2) is 0 Å². The third kappa shape index (κ3) is 4.13. The molecule has 27 heavy (non-hydrogen) atoms. The lowest BCUT2D eigenvalue weighted by Gasteiger charge is -2.24. The van der Waals surface area contributed by atoms with Crippen LogP contribution < -0.4 is 5.32 Å². The zero-order valence-corrected chi connectivity index (χ0v) is 16.8. The van der Waals surface area contributed by atoms with Crippen LogP contribution in [-0.2, 0) is 15.0 Å². The summed E-state index contributed by atoms with van der Waals surface area (Å²) in [6, 6.07) is 6.97. The third-order valence-electron chi connectivity index (χ3n) is 5.35. The van der Waals surface area contributed by atoms with Gasteiger partial charge in [-0.05, 0) is 36.0 Å². The van der Waals surface area contributed by atoms with E-state index in [0.29, 0.717) is 30.0 Å². The molecule has 2 fully saturated rings. The minimum absolute atomic E-state index is 0.0103. The number of carbonyl (C=O) groups excluding carboxylic acids is 2. The van der Waals surface area contributed by atoms with E-state index in [9.17, 15) is 19.5 Å². The largest absolute Gasteiger partial charge is 0.481 e. The number of carboxylic acids is 1. The average Bonchev–Trinajstić information content (AvgIpc) is 3.26. The molecule has 1 unspecified atom stereocenters. The lowest BCUT2D eigenvalue weighted by Crippen LogP contribution is -2.49. The minimum atomic E-state index is -0.865. The van der Waals surface area contributed by atoms with Crippen molar-refractivity contribution in [2.24, 2.45) is 5.41 Å². The van der Waals surface area contributed by atoms with Crippen molar-refractivity contribution in [3.05, 3.63) is 35.4 Å². The van der Waals surface area contributed by atoms with Gasteiger partial charge in [-0.1, -0.05) is 32.9 Å². The van der Waals surface area contributed by atoms with Crippen LogP contribution in [0.1, 0.15) is 49.5 Å². The van der Waals surface area contributed by atoms with Crippen molar-refractivity contribution in [1.82, 2.24) is 10.2 Å². The Kier molecular flexibility index (Phi) is 5.25. The minimum Gasteiger partial charge on any atom is -0.481 e.